The minimum atomic E-state index is -0.985. The zero-order valence-electron chi connectivity index (χ0n) is 18.8. The quantitative estimate of drug-likeness (QED) is 0.406. The number of amides is 4. The fourth-order valence-electron chi connectivity index (χ4n) is 3.75. The molecule has 1 aliphatic carbocycles. The summed E-state index contributed by atoms with van der Waals surface area (Å²) in [4.78, 5) is 40.3. The van der Waals surface area contributed by atoms with Crippen LogP contribution in [0.15, 0.2) is 24.4 Å². The number of hydrogen-bond donors (Lipinski definition) is 5. The summed E-state index contributed by atoms with van der Waals surface area (Å²) in [7, 11) is 1.53. The third-order valence-electron chi connectivity index (χ3n) is 5.28. The molecule has 0 atom stereocenters. The molecule has 1 fully saturated rings. The topological polar surface area (TPSA) is 142 Å². The number of carboxylic acid groups (broad SMARTS) is 1. The van der Waals surface area contributed by atoms with Crippen LogP contribution in [0.3, 0.4) is 0 Å². The highest BCUT2D eigenvalue weighted by molar-refractivity contribution is 7.15. The SMILES string of the molecule is CNC(=O)Nc1cc(NC(=O)OC(C)C)ccc1-c1cnc(C2CCC(NC(=O)O)CC2)s1. The lowest BCUT2D eigenvalue weighted by Crippen LogP contribution is -2.36. The lowest BCUT2D eigenvalue weighted by Gasteiger charge is -2.27. The summed E-state index contributed by atoms with van der Waals surface area (Å²) in [5, 5.41) is 20.5. The number of urea groups is 1. The van der Waals surface area contributed by atoms with Crippen LogP contribution in [0.1, 0.15) is 50.5 Å². The standard InChI is InChI=1S/C22H29N5O5S/c1-12(2)32-22(31)26-15-8-9-16(17(10-15)27-20(28)23-3)18-11-24-19(33-18)13-4-6-14(7-5-13)25-21(29)30/h8-14,25H,4-7H2,1-3H3,(H,26,31)(H,29,30)(H2,23,27,28). The fraction of sp³-hybridized carbons (Fsp3) is 0.455. The second-order valence-corrected chi connectivity index (χ2v) is 9.17. The fourth-order valence-corrected chi connectivity index (χ4v) is 4.87. The molecule has 1 aliphatic rings. The number of benzene rings is 1. The van der Waals surface area contributed by atoms with E-state index < -0.39 is 12.2 Å². The molecule has 4 amide bonds. The average molecular weight is 476 g/mol. The van der Waals surface area contributed by atoms with Crippen molar-refractivity contribution in [3.63, 3.8) is 0 Å². The number of rotatable bonds is 6. The molecule has 3 rings (SSSR count). The highest BCUT2D eigenvalue weighted by Gasteiger charge is 2.26. The summed E-state index contributed by atoms with van der Waals surface area (Å²) in [6.45, 7) is 3.52. The van der Waals surface area contributed by atoms with E-state index in [1.807, 2.05) is 6.07 Å². The highest BCUT2D eigenvalue weighted by Crippen LogP contribution is 2.40. The first-order valence-corrected chi connectivity index (χ1v) is 11.6. The number of anilines is 2. The van der Waals surface area contributed by atoms with Crippen LogP contribution in [0.2, 0.25) is 0 Å². The molecule has 33 heavy (non-hydrogen) atoms. The third-order valence-corrected chi connectivity index (χ3v) is 6.47. The zero-order chi connectivity index (χ0) is 24.0. The third kappa shape index (κ3) is 6.82. The van der Waals surface area contributed by atoms with E-state index in [0.29, 0.717) is 11.4 Å². The van der Waals surface area contributed by atoms with Crippen molar-refractivity contribution in [3.05, 3.63) is 29.4 Å². The molecule has 0 bridgehead atoms. The van der Waals surface area contributed by atoms with Gasteiger partial charge in [-0.25, -0.2) is 19.4 Å². The number of ether oxygens (including phenoxy) is 1. The van der Waals surface area contributed by atoms with Gasteiger partial charge in [0.05, 0.1) is 21.7 Å². The largest absolute Gasteiger partial charge is 0.465 e. The van der Waals surface area contributed by atoms with E-state index in [-0.39, 0.29) is 24.1 Å². The van der Waals surface area contributed by atoms with Crippen LogP contribution in [0.4, 0.5) is 25.8 Å². The summed E-state index contributed by atoms with van der Waals surface area (Å²) in [5.74, 6) is 0.276. The first-order chi connectivity index (χ1) is 15.7. The number of nitrogens with zero attached hydrogens (tertiary/aromatic N) is 1. The van der Waals surface area contributed by atoms with E-state index in [9.17, 15) is 14.4 Å². The number of carbonyl (C=O) groups is 3. The Balaban J connectivity index is 1.77. The molecule has 0 unspecified atom stereocenters. The molecule has 2 aromatic rings. The lowest BCUT2D eigenvalue weighted by molar-refractivity contribution is 0.130. The Labute approximate surface area is 196 Å². The Morgan fingerprint density at radius 2 is 1.88 bits per heavy atom. The Morgan fingerprint density at radius 3 is 2.52 bits per heavy atom. The molecule has 1 aromatic carbocycles. The van der Waals surface area contributed by atoms with E-state index in [1.54, 1.807) is 43.5 Å². The van der Waals surface area contributed by atoms with Crippen LogP contribution in [0.5, 0.6) is 0 Å². The van der Waals surface area contributed by atoms with Gasteiger partial charge in [0.1, 0.15) is 0 Å². The Hall–Kier alpha value is -3.34. The molecule has 0 aliphatic heterocycles. The van der Waals surface area contributed by atoms with Gasteiger partial charge in [0.15, 0.2) is 0 Å². The zero-order valence-corrected chi connectivity index (χ0v) is 19.6. The van der Waals surface area contributed by atoms with Gasteiger partial charge in [0.2, 0.25) is 0 Å². The van der Waals surface area contributed by atoms with Gasteiger partial charge in [0, 0.05) is 36.5 Å². The van der Waals surface area contributed by atoms with Gasteiger partial charge in [-0.2, -0.15) is 0 Å². The number of carbonyl (C=O) groups excluding carboxylic acids is 2. The van der Waals surface area contributed by atoms with Gasteiger partial charge in [-0.3, -0.25) is 5.32 Å². The minimum Gasteiger partial charge on any atom is -0.465 e. The van der Waals surface area contributed by atoms with Gasteiger partial charge in [-0.15, -0.1) is 11.3 Å². The molecule has 11 heteroatoms. The van der Waals surface area contributed by atoms with E-state index in [0.717, 1.165) is 41.1 Å². The molecule has 10 nitrogen and oxygen atoms in total. The van der Waals surface area contributed by atoms with Crippen molar-refractivity contribution in [2.24, 2.45) is 0 Å². The lowest BCUT2D eigenvalue weighted by atomic mass is 9.86. The molecule has 1 aromatic heterocycles. The molecule has 1 saturated carbocycles. The maximum Gasteiger partial charge on any atom is 0.411 e. The van der Waals surface area contributed by atoms with E-state index in [2.05, 4.69) is 26.3 Å². The summed E-state index contributed by atoms with van der Waals surface area (Å²) < 4.78 is 5.12. The first-order valence-electron chi connectivity index (χ1n) is 10.8. The monoisotopic (exact) mass is 475 g/mol. The predicted octanol–water partition coefficient (Wildman–Crippen LogP) is 4.81. The van der Waals surface area contributed by atoms with Crippen LogP contribution in [0.25, 0.3) is 10.4 Å². The molecular formula is C22H29N5O5S. The van der Waals surface area contributed by atoms with E-state index in [4.69, 9.17) is 9.84 Å². The van der Waals surface area contributed by atoms with Crippen molar-refractivity contribution >= 4 is 40.9 Å². The summed E-state index contributed by atoms with van der Waals surface area (Å²) in [6.07, 6.45) is 3.26. The van der Waals surface area contributed by atoms with Crippen molar-refractivity contribution in [1.82, 2.24) is 15.6 Å². The van der Waals surface area contributed by atoms with Crippen LogP contribution >= 0.6 is 11.3 Å². The highest BCUT2D eigenvalue weighted by atomic mass is 32.1. The molecule has 178 valence electrons. The predicted molar refractivity (Wildman–Crippen MR) is 127 cm³/mol. The normalized spacial score (nSPS) is 17.8. The van der Waals surface area contributed by atoms with E-state index >= 15 is 0 Å². The van der Waals surface area contributed by atoms with Crippen molar-refractivity contribution < 1.29 is 24.2 Å². The number of thiazole rings is 1. The maximum atomic E-state index is 12.0. The summed E-state index contributed by atoms with van der Waals surface area (Å²) in [5.41, 5.74) is 1.80. The Morgan fingerprint density at radius 1 is 1.15 bits per heavy atom. The smallest absolute Gasteiger partial charge is 0.411 e. The van der Waals surface area contributed by atoms with E-state index in [1.165, 1.54) is 7.05 Å². The van der Waals surface area contributed by atoms with Crippen molar-refractivity contribution in [1.29, 1.82) is 0 Å². The Kier molecular flexibility index (Phi) is 8.10. The second kappa shape index (κ2) is 11.0. The van der Waals surface area contributed by atoms with Crippen molar-refractivity contribution in [3.8, 4) is 10.4 Å². The molecule has 0 radical (unpaired) electrons. The molecule has 0 spiro atoms. The van der Waals surface area contributed by atoms with Crippen molar-refractivity contribution in [2.45, 2.75) is 57.6 Å². The van der Waals surface area contributed by atoms with Gasteiger partial charge < -0.3 is 25.8 Å². The van der Waals surface area contributed by atoms with Gasteiger partial charge in [0.25, 0.3) is 0 Å². The Bertz CT molecular complexity index is 1000. The first kappa shape index (κ1) is 24.3. The average Bonchev–Trinajstić information content (AvgIpc) is 3.23. The number of nitrogens with one attached hydrogen (secondary N) is 4. The van der Waals surface area contributed by atoms with Crippen LogP contribution in [-0.2, 0) is 4.74 Å². The number of hydrogen-bond acceptors (Lipinski definition) is 6. The second-order valence-electron chi connectivity index (χ2n) is 8.10. The number of aromatic nitrogens is 1. The van der Waals surface area contributed by atoms with Crippen LogP contribution < -0.4 is 21.3 Å². The van der Waals surface area contributed by atoms with Crippen LogP contribution in [0, 0.1) is 0 Å². The minimum absolute atomic E-state index is 0.0102. The molecule has 1 heterocycles. The van der Waals surface area contributed by atoms with Crippen LogP contribution in [-0.4, -0.2) is 47.5 Å². The van der Waals surface area contributed by atoms with Gasteiger partial charge in [-0.1, -0.05) is 0 Å². The maximum absolute atomic E-state index is 12.0. The van der Waals surface area contributed by atoms with Gasteiger partial charge in [-0.05, 0) is 57.7 Å². The molecular weight excluding hydrogens is 446 g/mol. The summed E-state index contributed by atoms with van der Waals surface area (Å²) in [6, 6.07) is 4.85. The summed E-state index contributed by atoms with van der Waals surface area (Å²) >= 11 is 1.55. The molecule has 5 N–H and O–H groups in total. The van der Waals surface area contributed by atoms with Gasteiger partial charge >= 0.3 is 18.2 Å². The van der Waals surface area contributed by atoms with Crippen molar-refractivity contribution in [2.75, 3.05) is 17.7 Å². The molecule has 0 saturated heterocycles.